The van der Waals surface area contributed by atoms with Gasteiger partial charge < -0.3 is 9.47 Å². The number of aryl methyl sites for hydroxylation is 1. The summed E-state index contributed by atoms with van der Waals surface area (Å²) in [6.07, 6.45) is 1.61. The van der Waals surface area contributed by atoms with Crippen molar-refractivity contribution in [1.82, 2.24) is 9.47 Å². The number of pyridine rings is 1. The van der Waals surface area contributed by atoms with E-state index in [1.807, 2.05) is 29.2 Å². The first-order valence-corrected chi connectivity index (χ1v) is 8.72. The van der Waals surface area contributed by atoms with Gasteiger partial charge in [-0.2, -0.15) is 0 Å². The van der Waals surface area contributed by atoms with Gasteiger partial charge >= 0.3 is 0 Å². The monoisotopic (exact) mass is 344 g/mol. The third-order valence-corrected chi connectivity index (χ3v) is 5.02. The fourth-order valence-electron chi connectivity index (χ4n) is 3.64. The summed E-state index contributed by atoms with van der Waals surface area (Å²) in [4.78, 5) is 26.5. The van der Waals surface area contributed by atoms with Gasteiger partial charge in [0.1, 0.15) is 0 Å². The Morgan fingerprint density at radius 2 is 1.69 bits per heavy atom. The molecule has 0 aliphatic carbocycles. The van der Waals surface area contributed by atoms with Crippen molar-refractivity contribution in [1.29, 1.82) is 0 Å². The van der Waals surface area contributed by atoms with Crippen LogP contribution < -0.4 is 5.56 Å². The summed E-state index contributed by atoms with van der Waals surface area (Å²) in [5.74, 6) is 0.105. The number of aromatic nitrogens is 1. The molecule has 0 spiro atoms. The molecule has 1 unspecified atom stereocenters. The molecule has 1 aliphatic heterocycles. The van der Waals surface area contributed by atoms with Crippen molar-refractivity contribution in [2.45, 2.75) is 12.5 Å². The number of fused-ring (bicyclic) bond motifs is 1. The maximum absolute atomic E-state index is 13.1. The van der Waals surface area contributed by atoms with Gasteiger partial charge in [-0.05, 0) is 22.8 Å². The molecule has 0 saturated carbocycles. The Hall–Kier alpha value is -3.14. The Labute approximate surface area is 152 Å². The van der Waals surface area contributed by atoms with Crippen LogP contribution in [0.2, 0.25) is 0 Å². The van der Waals surface area contributed by atoms with Gasteiger partial charge in [0.05, 0.1) is 5.56 Å². The van der Waals surface area contributed by atoms with E-state index in [4.69, 9.17) is 0 Å². The van der Waals surface area contributed by atoms with E-state index in [-0.39, 0.29) is 17.4 Å². The van der Waals surface area contributed by atoms with Crippen LogP contribution in [0.15, 0.2) is 77.7 Å². The number of carbonyl (C=O) groups is 1. The molecule has 0 N–H and O–H groups in total. The topological polar surface area (TPSA) is 42.3 Å². The molecule has 130 valence electrons. The Kier molecular flexibility index (Phi) is 4.17. The molecule has 0 saturated heterocycles. The molecular formula is C22H20N2O2. The van der Waals surface area contributed by atoms with E-state index in [1.165, 1.54) is 27.3 Å². The van der Waals surface area contributed by atoms with Gasteiger partial charge in [0.15, 0.2) is 0 Å². The van der Waals surface area contributed by atoms with Gasteiger partial charge in [-0.25, -0.2) is 0 Å². The lowest BCUT2D eigenvalue weighted by atomic mass is 9.84. The molecule has 3 aromatic rings. The smallest absolute Gasteiger partial charge is 0.255 e. The highest BCUT2D eigenvalue weighted by Gasteiger charge is 2.29. The summed E-state index contributed by atoms with van der Waals surface area (Å²) < 4.78 is 1.44. The Balaban J connectivity index is 1.72. The molecule has 0 fully saturated rings. The molecule has 0 radical (unpaired) electrons. The van der Waals surface area contributed by atoms with E-state index in [9.17, 15) is 9.59 Å². The zero-order chi connectivity index (χ0) is 18.1. The Morgan fingerprint density at radius 1 is 0.962 bits per heavy atom. The van der Waals surface area contributed by atoms with Crippen LogP contribution in [0, 0.1) is 0 Å². The molecule has 1 amide bonds. The van der Waals surface area contributed by atoms with Crippen molar-refractivity contribution in [2.75, 3.05) is 6.54 Å². The first-order chi connectivity index (χ1) is 12.6. The van der Waals surface area contributed by atoms with Crippen LogP contribution >= 0.6 is 0 Å². The van der Waals surface area contributed by atoms with Crippen LogP contribution in [0.25, 0.3) is 0 Å². The number of rotatable bonds is 2. The van der Waals surface area contributed by atoms with Crippen molar-refractivity contribution in [3.8, 4) is 0 Å². The third-order valence-electron chi connectivity index (χ3n) is 5.02. The molecule has 4 heteroatoms. The average Bonchev–Trinajstić information content (AvgIpc) is 2.69. The average molecular weight is 344 g/mol. The van der Waals surface area contributed by atoms with Crippen molar-refractivity contribution in [3.05, 3.63) is 106 Å². The maximum atomic E-state index is 13.1. The van der Waals surface area contributed by atoms with Crippen LogP contribution in [0.5, 0.6) is 0 Å². The van der Waals surface area contributed by atoms with Crippen LogP contribution in [0.3, 0.4) is 0 Å². The molecule has 26 heavy (non-hydrogen) atoms. The van der Waals surface area contributed by atoms with E-state index >= 15 is 0 Å². The summed E-state index contributed by atoms with van der Waals surface area (Å²) >= 11 is 0. The van der Waals surface area contributed by atoms with Crippen LogP contribution in [0.4, 0.5) is 0 Å². The summed E-state index contributed by atoms with van der Waals surface area (Å²) in [5, 5.41) is 0. The van der Waals surface area contributed by atoms with E-state index in [0.29, 0.717) is 18.7 Å². The van der Waals surface area contributed by atoms with Gasteiger partial charge in [-0.15, -0.1) is 0 Å². The molecule has 2 heterocycles. The van der Waals surface area contributed by atoms with Crippen molar-refractivity contribution in [2.24, 2.45) is 7.05 Å². The Morgan fingerprint density at radius 3 is 2.46 bits per heavy atom. The summed E-state index contributed by atoms with van der Waals surface area (Å²) in [6, 6.07) is 21.7. The molecule has 2 aromatic carbocycles. The predicted octanol–water partition coefficient (Wildman–Crippen LogP) is 3.17. The van der Waals surface area contributed by atoms with Gasteiger partial charge in [0.2, 0.25) is 5.56 Å². The largest absolute Gasteiger partial charge is 0.333 e. The second kappa shape index (κ2) is 6.64. The Bertz CT molecular complexity index is 1010. The highest BCUT2D eigenvalue weighted by molar-refractivity contribution is 5.94. The number of nitrogens with zero attached hydrogens (tertiary/aromatic N) is 2. The number of carbonyl (C=O) groups excluding carboxylic acids is 1. The van der Waals surface area contributed by atoms with Crippen molar-refractivity contribution in [3.63, 3.8) is 0 Å². The number of amides is 1. The second-order valence-electron chi connectivity index (χ2n) is 6.71. The predicted molar refractivity (Wildman–Crippen MR) is 101 cm³/mol. The molecule has 1 aliphatic rings. The zero-order valence-electron chi connectivity index (χ0n) is 14.6. The molecule has 0 bridgehead atoms. The number of hydrogen-bond acceptors (Lipinski definition) is 2. The maximum Gasteiger partial charge on any atom is 0.255 e. The minimum atomic E-state index is -0.118. The zero-order valence-corrected chi connectivity index (χ0v) is 14.6. The van der Waals surface area contributed by atoms with E-state index in [0.717, 1.165) is 0 Å². The van der Waals surface area contributed by atoms with Gasteiger partial charge in [-0.1, -0.05) is 54.6 Å². The summed E-state index contributed by atoms with van der Waals surface area (Å²) in [7, 11) is 1.66. The fourth-order valence-corrected chi connectivity index (χ4v) is 3.64. The third kappa shape index (κ3) is 2.94. The standard InChI is InChI=1S/C22H20N2O2/c1-23-13-18(11-12-21(23)25)22(26)24-14-17-9-5-6-10-19(17)20(15-24)16-7-3-2-4-8-16/h2-13,20H,14-15H2,1H3. The van der Waals surface area contributed by atoms with Crippen LogP contribution in [-0.2, 0) is 13.6 Å². The number of benzene rings is 2. The lowest BCUT2D eigenvalue weighted by molar-refractivity contribution is 0.0724. The molecule has 1 aromatic heterocycles. The SMILES string of the molecule is Cn1cc(C(=O)N2Cc3ccccc3C(c3ccccc3)C2)ccc1=O. The van der Waals surface area contributed by atoms with E-state index < -0.39 is 0 Å². The van der Waals surface area contributed by atoms with Crippen molar-refractivity contribution >= 4 is 5.91 Å². The quantitative estimate of drug-likeness (QED) is 0.717. The molecule has 4 nitrogen and oxygen atoms in total. The van der Waals surface area contributed by atoms with Crippen molar-refractivity contribution < 1.29 is 4.79 Å². The highest BCUT2D eigenvalue weighted by atomic mass is 16.2. The van der Waals surface area contributed by atoms with E-state index in [1.54, 1.807) is 19.3 Å². The molecule has 4 rings (SSSR count). The lowest BCUT2D eigenvalue weighted by Gasteiger charge is -2.35. The molecule has 1 atom stereocenters. The fraction of sp³-hybridized carbons (Fsp3) is 0.182. The van der Waals surface area contributed by atoms with Crippen LogP contribution in [-0.4, -0.2) is 21.9 Å². The highest BCUT2D eigenvalue weighted by Crippen LogP contribution is 2.33. The number of hydrogen-bond donors (Lipinski definition) is 0. The van der Waals surface area contributed by atoms with Crippen LogP contribution in [0.1, 0.15) is 33.0 Å². The first kappa shape index (κ1) is 16.3. The van der Waals surface area contributed by atoms with Gasteiger partial charge in [0.25, 0.3) is 5.91 Å². The minimum absolute atomic E-state index is 0.0453. The van der Waals surface area contributed by atoms with E-state index in [2.05, 4.69) is 30.3 Å². The first-order valence-electron chi connectivity index (χ1n) is 8.72. The summed E-state index contributed by atoms with van der Waals surface area (Å²) in [6.45, 7) is 1.21. The van der Waals surface area contributed by atoms with Gasteiger partial charge in [0, 0.05) is 38.3 Å². The second-order valence-corrected chi connectivity index (χ2v) is 6.71. The lowest BCUT2D eigenvalue weighted by Crippen LogP contribution is -2.39. The molecular weight excluding hydrogens is 324 g/mol. The minimum Gasteiger partial charge on any atom is -0.333 e. The normalized spacial score (nSPS) is 16.2. The van der Waals surface area contributed by atoms with Gasteiger partial charge in [-0.3, -0.25) is 9.59 Å². The summed E-state index contributed by atoms with van der Waals surface area (Å²) in [5.41, 5.74) is 4.08.